The van der Waals surface area contributed by atoms with Crippen molar-refractivity contribution in [3.05, 3.63) is 45.6 Å². The second-order valence-corrected chi connectivity index (χ2v) is 11.1. The number of rotatable bonds is 10. The van der Waals surface area contributed by atoms with Crippen LogP contribution in [0, 0.1) is 18.2 Å². The average Bonchev–Trinajstić information content (AvgIpc) is 3.19. The van der Waals surface area contributed by atoms with Crippen LogP contribution in [-0.4, -0.2) is 68.0 Å². The number of ketones is 1. The molecule has 0 aliphatic carbocycles. The van der Waals surface area contributed by atoms with Crippen molar-refractivity contribution in [3.63, 3.8) is 0 Å². The van der Waals surface area contributed by atoms with Crippen LogP contribution < -0.4 is 15.0 Å². The first-order valence-corrected chi connectivity index (χ1v) is 13.1. The summed E-state index contributed by atoms with van der Waals surface area (Å²) in [6, 6.07) is 3.61. The number of fused-ring (bicyclic) bond motifs is 1. The fourth-order valence-corrected chi connectivity index (χ4v) is 5.45. The number of Topliss-reactive ketones (excluding diaryl/α,β-unsaturated/α-hetero) is 1. The molecule has 1 aliphatic heterocycles. The predicted octanol–water partition coefficient (Wildman–Crippen LogP) is 4.03. The van der Waals surface area contributed by atoms with E-state index in [1.54, 1.807) is 32.6 Å². The van der Waals surface area contributed by atoms with Gasteiger partial charge in [0.05, 0.1) is 43.5 Å². The lowest BCUT2D eigenvalue weighted by Crippen LogP contribution is -2.54. The molecule has 0 unspecified atom stereocenters. The van der Waals surface area contributed by atoms with E-state index in [1.807, 2.05) is 13.8 Å². The molecule has 1 aromatic carbocycles. The highest BCUT2D eigenvalue weighted by Crippen LogP contribution is 2.41. The van der Waals surface area contributed by atoms with Crippen molar-refractivity contribution in [3.8, 4) is 5.75 Å². The molecule has 0 atom stereocenters. The van der Waals surface area contributed by atoms with Gasteiger partial charge in [-0.1, -0.05) is 0 Å². The van der Waals surface area contributed by atoms with Gasteiger partial charge in [-0.15, -0.1) is 11.3 Å². The van der Waals surface area contributed by atoms with E-state index < -0.39 is 23.0 Å². The number of amides is 2. The van der Waals surface area contributed by atoms with Crippen molar-refractivity contribution in [2.45, 2.75) is 47.6 Å². The quantitative estimate of drug-likeness (QED) is 0.354. The Balaban J connectivity index is 2.03. The monoisotopic (exact) mass is 547 g/mol. The van der Waals surface area contributed by atoms with E-state index in [1.165, 1.54) is 24.1 Å². The molecular weight excluding hydrogens is 513 g/mol. The van der Waals surface area contributed by atoms with E-state index in [2.05, 4.69) is 5.32 Å². The van der Waals surface area contributed by atoms with E-state index in [0.29, 0.717) is 10.6 Å². The summed E-state index contributed by atoms with van der Waals surface area (Å²) in [5.74, 6) is -1.91. The summed E-state index contributed by atoms with van der Waals surface area (Å²) < 4.78 is 24.4. The molecule has 1 aromatic heterocycles. The molecule has 38 heavy (non-hydrogen) atoms. The first kappa shape index (κ1) is 29.1. The SMILES string of the molecule is CCOC(=O)c1sc2c(c1C)C(=O)N(CC(C)(C)C(=O)NC(C)C)CN2CC(=O)c1cc(F)ccc1OC. The Kier molecular flexibility index (Phi) is 8.81. The minimum Gasteiger partial charge on any atom is -0.496 e. The Morgan fingerprint density at radius 3 is 2.50 bits per heavy atom. The molecule has 1 aliphatic rings. The molecule has 0 saturated carbocycles. The minimum atomic E-state index is -0.938. The zero-order valence-electron chi connectivity index (χ0n) is 22.8. The lowest BCUT2D eigenvalue weighted by Gasteiger charge is -2.39. The van der Waals surface area contributed by atoms with E-state index in [-0.39, 0.29) is 66.0 Å². The van der Waals surface area contributed by atoms with Gasteiger partial charge in [0.2, 0.25) is 5.91 Å². The van der Waals surface area contributed by atoms with Crippen molar-refractivity contribution in [2.24, 2.45) is 5.41 Å². The molecule has 2 heterocycles. The van der Waals surface area contributed by atoms with E-state index in [4.69, 9.17) is 9.47 Å². The molecule has 0 radical (unpaired) electrons. The molecule has 206 valence electrons. The summed E-state index contributed by atoms with van der Waals surface area (Å²) in [5, 5.41) is 3.33. The maximum absolute atomic E-state index is 14.0. The molecule has 0 saturated heterocycles. The highest BCUT2D eigenvalue weighted by Gasteiger charge is 2.40. The van der Waals surface area contributed by atoms with Crippen LogP contribution in [0.25, 0.3) is 0 Å². The number of esters is 1. The lowest BCUT2D eigenvalue weighted by molar-refractivity contribution is -0.130. The number of nitrogens with one attached hydrogen (secondary N) is 1. The fourth-order valence-electron chi connectivity index (χ4n) is 4.26. The number of ether oxygens (including phenoxy) is 2. The van der Waals surface area contributed by atoms with E-state index in [9.17, 15) is 23.6 Å². The van der Waals surface area contributed by atoms with Crippen LogP contribution >= 0.6 is 11.3 Å². The largest absolute Gasteiger partial charge is 0.496 e. The lowest BCUT2D eigenvalue weighted by atomic mass is 9.90. The van der Waals surface area contributed by atoms with Crippen LogP contribution in [0.3, 0.4) is 0 Å². The van der Waals surface area contributed by atoms with Crippen molar-refractivity contribution in [2.75, 3.05) is 38.4 Å². The number of nitrogens with zero attached hydrogens (tertiary/aromatic N) is 2. The minimum absolute atomic E-state index is 0.00415. The smallest absolute Gasteiger partial charge is 0.348 e. The number of halogens is 1. The number of anilines is 1. The number of carbonyl (C=O) groups is 4. The molecule has 11 heteroatoms. The maximum Gasteiger partial charge on any atom is 0.348 e. The average molecular weight is 548 g/mol. The second-order valence-electron chi connectivity index (χ2n) is 10.1. The van der Waals surface area contributed by atoms with Gasteiger partial charge in [0, 0.05) is 12.6 Å². The van der Waals surface area contributed by atoms with Gasteiger partial charge in [0.25, 0.3) is 5.91 Å². The normalized spacial score (nSPS) is 13.4. The van der Waals surface area contributed by atoms with Crippen LogP contribution in [0.4, 0.5) is 9.39 Å². The summed E-state index contributed by atoms with van der Waals surface area (Å²) in [7, 11) is 1.39. The van der Waals surface area contributed by atoms with Gasteiger partial charge in [-0.05, 0) is 65.3 Å². The third-order valence-electron chi connectivity index (χ3n) is 6.14. The van der Waals surface area contributed by atoms with Crippen LogP contribution in [0.2, 0.25) is 0 Å². The predicted molar refractivity (Wildman–Crippen MR) is 143 cm³/mol. The first-order chi connectivity index (χ1) is 17.8. The Hall–Kier alpha value is -3.47. The molecule has 0 fully saturated rings. The van der Waals surface area contributed by atoms with E-state index >= 15 is 0 Å². The Morgan fingerprint density at radius 2 is 1.89 bits per heavy atom. The number of hydrogen-bond donors (Lipinski definition) is 1. The number of methoxy groups -OCH3 is 1. The Bertz CT molecular complexity index is 1260. The Labute approximate surface area is 225 Å². The van der Waals surface area contributed by atoms with Gasteiger partial charge in [-0.25, -0.2) is 9.18 Å². The summed E-state index contributed by atoms with van der Waals surface area (Å²) in [6.45, 7) is 10.6. The van der Waals surface area contributed by atoms with Crippen LogP contribution in [-0.2, 0) is 9.53 Å². The van der Waals surface area contributed by atoms with Crippen LogP contribution in [0.5, 0.6) is 5.75 Å². The summed E-state index contributed by atoms with van der Waals surface area (Å²) >= 11 is 1.07. The van der Waals surface area contributed by atoms with Crippen molar-refractivity contribution >= 4 is 39.9 Å². The first-order valence-electron chi connectivity index (χ1n) is 12.3. The van der Waals surface area contributed by atoms with Gasteiger partial charge in [0.15, 0.2) is 5.78 Å². The highest BCUT2D eigenvalue weighted by molar-refractivity contribution is 7.18. The molecule has 0 spiro atoms. The van der Waals surface area contributed by atoms with E-state index in [0.717, 1.165) is 17.4 Å². The molecule has 9 nitrogen and oxygen atoms in total. The number of carbonyl (C=O) groups excluding carboxylic acids is 4. The third-order valence-corrected chi connectivity index (χ3v) is 7.47. The second kappa shape index (κ2) is 11.5. The third kappa shape index (κ3) is 5.98. The molecule has 1 N–H and O–H groups in total. The number of hydrogen-bond acceptors (Lipinski definition) is 8. The number of thiophene rings is 1. The topological polar surface area (TPSA) is 105 Å². The Morgan fingerprint density at radius 1 is 1.21 bits per heavy atom. The van der Waals surface area contributed by atoms with Gasteiger partial charge in [-0.3, -0.25) is 14.4 Å². The van der Waals surface area contributed by atoms with Crippen molar-refractivity contribution in [1.82, 2.24) is 10.2 Å². The standard InChI is InChI=1S/C27H34FN3O6S/c1-8-37-25(34)22-16(4)21-23(33)31(13-27(5,6)26(35)29-15(2)3)14-30(24(21)38-22)12-19(32)18-11-17(28)9-10-20(18)36-7/h9-11,15H,8,12-14H2,1-7H3,(H,29,35). The molecule has 2 amide bonds. The summed E-state index contributed by atoms with van der Waals surface area (Å²) in [5.41, 5.74) is -0.146. The molecule has 3 rings (SSSR count). The fraction of sp³-hybridized carbons (Fsp3) is 0.481. The van der Waals surface area contributed by atoms with Crippen molar-refractivity contribution in [1.29, 1.82) is 0 Å². The maximum atomic E-state index is 14.0. The zero-order chi connectivity index (χ0) is 28.4. The molecule has 0 bridgehead atoms. The molecule has 2 aromatic rings. The van der Waals surface area contributed by atoms with Gasteiger partial charge < -0.3 is 24.6 Å². The number of benzene rings is 1. The van der Waals surface area contributed by atoms with Gasteiger partial charge >= 0.3 is 5.97 Å². The highest BCUT2D eigenvalue weighted by atomic mass is 32.1. The van der Waals surface area contributed by atoms with Gasteiger partial charge in [0.1, 0.15) is 21.4 Å². The van der Waals surface area contributed by atoms with Crippen molar-refractivity contribution < 1.29 is 33.0 Å². The summed E-state index contributed by atoms with van der Waals surface area (Å²) in [6.07, 6.45) is 0. The molecular formula is C27H34FN3O6S. The van der Waals surface area contributed by atoms with Gasteiger partial charge in [-0.2, -0.15) is 0 Å². The summed E-state index contributed by atoms with van der Waals surface area (Å²) in [4.78, 5) is 55.9. The van der Waals surface area contributed by atoms with Crippen LogP contribution in [0.15, 0.2) is 18.2 Å². The zero-order valence-corrected chi connectivity index (χ0v) is 23.6. The van der Waals surface area contributed by atoms with Crippen LogP contribution in [0.1, 0.15) is 70.6 Å².